The number of thiazole rings is 1. The Labute approximate surface area is 164 Å². The standard InChI is InChI=1S/C22H26N2O2S/c1-6-24(22-23-21-16(5)8-7-9-19(21)27-22)20(25)13-26-18-12-15(4)10-11-17(18)14(2)3/h7-12,14H,6,13H2,1-5H3. The maximum Gasteiger partial charge on any atom is 0.266 e. The zero-order chi connectivity index (χ0) is 19.6. The summed E-state index contributed by atoms with van der Waals surface area (Å²) in [5.74, 6) is 1.05. The first-order valence-electron chi connectivity index (χ1n) is 9.30. The Balaban J connectivity index is 1.80. The van der Waals surface area contributed by atoms with Crippen LogP contribution in [0.2, 0.25) is 0 Å². The van der Waals surface area contributed by atoms with Gasteiger partial charge < -0.3 is 4.74 Å². The maximum atomic E-state index is 12.8. The molecule has 3 rings (SSSR count). The van der Waals surface area contributed by atoms with Crippen molar-refractivity contribution in [3.8, 4) is 5.75 Å². The van der Waals surface area contributed by atoms with Crippen molar-refractivity contribution >= 4 is 32.6 Å². The molecule has 0 atom stereocenters. The molecule has 0 aliphatic carbocycles. The van der Waals surface area contributed by atoms with E-state index in [-0.39, 0.29) is 12.5 Å². The molecule has 0 radical (unpaired) electrons. The fourth-order valence-electron chi connectivity index (χ4n) is 3.07. The van der Waals surface area contributed by atoms with Gasteiger partial charge in [-0.25, -0.2) is 4.98 Å². The lowest BCUT2D eigenvalue weighted by Gasteiger charge is -2.19. The second-order valence-electron chi connectivity index (χ2n) is 7.04. The first kappa shape index (κ1) is 19.4. The molecule has 1 heterocycles. The maximum absolute atomic E-state index is 12.8. The Morgan fingerprint density at radius 3 is 2.67 bits per heavy atom. The molecule has 27 heavy (non-hydrogen) atoms. The lowest BCUT2D eigenvalue weighted by Crippen LogP contribution is -2.34. The number of nitrogens with zero attached hydrogens (tertiary/aromatic N) is 2. The lowest BCUT2D eigenvalue weighted by molar-refractivity contribution is -0.120. The molecule has 5 heteroatoms. The molecule has 0 bridgehead atoms. The van der Waals surface area contributed by atoms with Crippen molar-refractivity contribution in [2.24, 2.45) is 0 Å². The average Bonchev–Trinajstić information content (AvgIpc) is 3.05. The van der Waals surface area contributed by atoms with Crippen LogP contribution in [-0.2, 0) is 4.79 Å². The van der Waals surface area contributed by atoms with Crippen LogP contribution in [0.15, 0.2) is 36.4 Å². The monoisotopic (exact) mass is 382 g/mol. The van der Waals surface area contributed by atoms with Gasteiger partial charge in [0, 0.05) is 6.54 Å². The van der Waals surface area contributed by atoms with Crippen molar-refractivity contribution < 1.29 is 9.53 Å². The number of hydrogen-bond donors (Lipinski definition) is 0. The number of benzene rings is 2. The summed E-state index contributed by atoms with van der Waals surface area (Å²) in [7, 11) is 0. The van der Waals surface area contributed by atoms with E-state index in [1.54, 1.807) is 16.2 Å². The second-order valence-corrected chi connectivity index (χ2v) is 8.05. The fourth-order valence-corrected chi connectivity index (χ4v) is 4.19. The van der Waals surface area contributed by atoms with E-state index >= 15 is 0 Å². The number of ether oxygens (including phenoxy) is 1. The van der Waals surface area contributed by atoms with Crippen LogP contribution in [0.25, 0.3) is 10.2 Å². The number of likely N-dealkylation sites (N-methyl/N-ethyl adjacent to an activating group) is 1. The molecule has 0 aliphatic heterocycles. The summed E-state index contributed by atoms with van der Waals surface area (Å²) in [4.78, 5) is 19.2. The van der Waals surface area contributed by atoms with Crippen molar-refractivity contribution in [2.45, 2.75) is 40.5 Å². The van der Waals surface area contributed by atoms with Crippen molar-refractivity contribution in [2.75, 3.05) is 18.1 Å². The first-order valence-corrected chi connectivity index (χ1v) is 10.1. The van der Waals surface area contributed by atoms with Crippen LogP contribution in [0.4, 0.5) is 5.13 Å². The highest BCUT2D eigenvalue weighted by atomic mass is 32.1. The van der Waals surface area contributed by atoms with E-state index in [0.717, 1.165) is 37.8 Å². The van der Waals surface area contributed by atoms with Crippen LogP contribution in [-0.4, -0.2) is 24.0 Å². The Bertz CT molecular complexity index is 962. The van der Waals surface area contributed by atoms with E-state index in [4.69, 9.17) is 4.74 Å². The van der Waals surface area contributed by atoms with Gasteiger partial charge in [0.1, 0.15) is 5.75 Å². The molecule has 0 saturated carbocycles. The summed E-state index contributed by atoms with van der Waals surface area (Å²) in [6, 6.07) is 12.3. The topological polar surface area (TPSA) is 42.4 Å². The summed E-state index contributed by atoms with van der Waals surface area (Å²) in [6.07, 6.45) is 0. The molecular formula is C22H26N2O2S. The van der Waals surface area contributed by atoms with Gasteiger partial charge in [-0.05, 0) is 55.5 Å². The third-order valence-electron chi connectivity index (χ3n) is 4.60. The summed E-state index contributed by atoms with van der Waals surface area (Å²) >= 11 is 1.54. The zero-order valence-corrected chi connectivity index (χ0v) is 17.4. The van der Waals surface area contributed by atoms with Gasteiger partial charge in [0.2, 0.25) is 0 Å². The third-order valence-corrected chi connectivity index (χ3v) is 5.64. The Kier molecular flexibility index (Phi) is 5.80. The Morgan fingerprint density at radius 2 is 2.00 bits per heavy atom. The summed E-state index contributed by atoms with van der Waals surface area (Å²) in [6.45, 7) is 10.8. The molecule has 0 unspecified atom stereocenters. The Morgan fingerprint density at radius 1 is 1.22 bits per heavy atom. The van der Waals surface area contributed by atoms with Crippen LogP contribution >= 0.6 is 11.3 Å². The van der Waals surface area contributed by atoms with Gasteiger partial charge in [0.05, 0.1) is 10.2 Å². The predicted molar refractivity (Wildman–Crippen MR) is 113 cm³/mol. The van der Waals surface area contributed by atoms with E-state index in [2.05, 4.69) is 31.0 Å². The number of carbonyl (C=O) groups excluding carboxylic acids is 1. The van der Waals surface area contributed by atoms with E-state index in [1.807, 2.05) is 45.0 Å². The van der Waals surface area contributed by atoms with Crippen molar-refractivity contribution in [1.29, 1.82) is 0 Å². The smallest absolute Gasteiger partial charge is 0.266 e. The molecule has 0 N–H and O–H groups in total. The minimum atomic E-state index is -0.0783. The minimum absolute atomic E-state index is 0.00587. The average molecular weight is 383 g/mol. The van der Waals surface area contributed by atoms with E-state index < -0.39 is 0 Å². The van der Waals surface area contributed by atoms with Crippen molar-refractivity contribution in [3.63, 3.8) is 0 Å². The first-order chi connectivity index (χ1) is 12.9. The van der Waals surface area contributed by atoms with Gasteiger partial charge in [-0.15, -0.1) is 0 Å². The molecule has 3 aromatic rings. The van der Waals surface area contributed by atoms with Gasteiger partial charge in [-0.1, -0.05) is 49.4 Å². The van der Waals surface area contributed by atoms with Gasteiger partial charge in [0.25, 0.3) is 5.91 Å². The van der Waals surface area contributed by atoms with Crippen LogP contribution in [0, 0.1) is 13.8 Å². The molecule has 0 saturated heterocycles. The number of fused-ring (bicyclic) bond motifs is 1. The number of amides is 1. The van der Waals surface area contributed by atoms with Crippen LogP contribution in [0.1, 0.15) is 43.4 Å². The van der Waals surface area contributed by atoms with Gasteiger partial charge in [-0.3, -0.25) is 9.69 Å². The highest BCUT2D eigenvalue weighted by Crippen LogP contribution is 2.31. The van der Waals surface area contributed by atoms with E-state index in [9.17, 15) is 4.79 Å². The molecule has 0 fully saturated rings. The number of aromatic nitrogens is 1. The molecule has 2 aromatic carbocycles. The Hall–Kier alpha value is -2.40. The van der Waals surface area contributed by atoms with Gasteiger partial charge in [-0.2, -0.15) is 0 Å². The van der Waals surface area contributed by atoms with Crippen molar-refractivity contribution in [3.05, 3.63) is 53.1 Å². The van der Waals surface area contributed by atoms with Crippen LogP contribution < -0.4 is 9.64 Å². The predicted octanol–water partition coefficient (Wildman–Crippen LogP) is 5.47. The largest absolute Gasteiger partial charge is 0.483 e. The number of hydrogen-bond acceptors (Lipinski definition) is 4. The minimum Gasteiger partial charge on any atom is -0.483 e. The number of para-hydroxylation sites is 1. The normalized spacial score (nSPS) is 11.2. The highest BCUT2D eigenvalue weighted by Gasteiger charge is 2.20. The fraction of sp³-hybridized carbons (Fsp3) is 0.364. The van der Waals surface area contributed by atoms with Crippen LogP contribution in [0.5, 0.6) is 5.75 Å². The summed E-state index contributed by atoms with van der Waals surface area (Å²) < 4.78 is 7.02. The highest BCUT2D eigenvalue weighted by molar-refractivity contribution is 7.22. The van der Waals surface area contributed by atoms with Crippen LogP contribution in [0.3, 0.4) is 0 Å². The van der Waals surface area contributed by atoms with Gasteiger partial charge in [0.15, 0.2) is 11.7 Å². The van der Waals surface area contributed by atoms with Crippen molar-refractivity contribution in [1.82, 2.24) is 4.98 Å². The van der Waals surface area contributed by atoms with E-state index in [0.29, 0.717) is 12.5 Å². The summed E-state index contributed by atoms with van der Waals surface area (Å²) in [5.41, 5.74) is 4.32. The molecule has 0 aliphatic rings. The number of aryl methyl sites for hydroxylation is 2. The third kappa shape index (κ3) is 4.14. The molecule has 0 spiro atoms. The number of anilines is 1. The molecule has 1 amide bonds. The number of carbonyl (C=O) groups is 1. The van der Waals surface area contributed by atoms with E-state index in [1.165, 1.54) is 0 Å². The van der Waals surface area contributed by atoms with Gasteiger partial charge >= 0.3 is 0 Å². The second kappa shape index (κ2) is 8.09. The summed E-state index contributed by atoms with van der Waals surface area (Å²) in [5, 5.41) is 0.726. The quantitative estimate of drug-likeness (QED) is 0.568. The molecular weight excluding hydrogens is 356 g/mol. The lowest BCUT2D eigenvalue weighted by atomic mass is 10.0. The SMILES string of the molecule is CCN(C(=O)COc1cc(C)ccc1C(C)C)c1nc2c(C)cccc2s1. The molecule has 4 nitrogen and oxygen atoms in total. The molecule has 1 aromatic heterocycles. The molecule has 142 valence electrons. The zero-order valence-electron chi connectivity index (χ0n) is 16.6. The number of rotatable bonds is 6.